The van der Waals surface area contributed by atoms with E-state index in [4.69, 9.17) is 0 Å². The molecule has 2 rings (SSSR count). The van der Waals surface area contributed by atoms with E-state index in [9.17, 15) is 4.79 Å². The van der Waals surface area contributed by atoms with Crippen molar-refractivity contribution in [2.24, 2.45) is 11.8 Å². The topological polar surface area (TPSA) is 23.6 Å². The van der Waals surface area contributed by atoms with Crippen LogP contribution in [0.3, 0.4) is 0 Å². The smallest absolute Gasteiger partial charge is 0.319 e. The second-order valence-corrected chi connectivity index (χ2v) is 4.82. The van der Waals surface area contributed by atoms with Crippen LogP contribution in [0.5, 0.6) is 0 Å². The summed E-state index contributed by atoms with van der Waals surface area (Å²) >= 11 is 0. The van der Waals surface area contributed by atoms with Gasteiger partial charge < -0.3 is 9.80 Å². The summed E-state index contributed by atoms with van der Waals surface area (Å²) in [6, 6.07) is 0.236. The average molecular weight is 222 g/mol. The highest BCUT2D eigenvalue weighted by Crippen LogP contribution is 2.33. The van der Waals surface area contributed by atoms with Crippen LogP contribution in [0.1, 0.15) is 26.7 Å². The number of amides is 2. The first-order chi connectivity index (χ1) is 7.76. The molecule has 1 saturated heterocycles. The van der Waals surface area contributed by atoms with Crippen LogP contribution >= 0.6 is 0 Å². The van der Waals surface area contributed by atoms with Gasteiger partial charge in [0.2, 0.25) is 0 Å². The molecule has 2 unspecified atom stereocenters. The molecule has 0 aromatic rings. The average Bonchev–Trinajstić information content (AvgIpc) is 2.74. The van der Waals surface area contributed by atoms with Crippen molar-refractivity contribution >= 4 is 6.03 Å². The SMILES string of the molecule is CCN(CC)C(=O)N1CC2CC=CCC2C1. The van der Waals surface area contributed by atoms with Gasteiger partial charge in [0.1, 0.15) is 0 Å². The molecule has 0 spiro atoms. The van der Waals surface area contributed by atoms with Crippen LogP contribution in [0.2, 0.25) is 0 Å². The summed E-state index contributed by atoms with van der Waals surface area (Å²) in [6.07, 6.45) is 6.86. The lowest BCUT2D eigenvalue weighted by Crippen LogP contribution is -2.42. The van der Waals surface area contributed by atoms with Gasteiger partial charge in [0, 0.05) is 26.2 Å². The molecule has 2 aliphatic rings. The molecule has 3 nitrogen and oxygen atoms in total. The van der Waals surface area contributed by atoms with Gasteiger partial charge >= 0.3 is 6.03 Å². The van der Waals surface area contributed by atoms with Crippen molar-refractivity contribution < 1.29 is 4.79 Å². The number of allylic oxidation sites excluding steroid dienone is 2. The summed E-state index contributed by atoms with van der Waals surface area (Å²) < 4.78 is 0. The summed E-state index contributed by atoms with van der Waals surface area (Å²) in [5, 5.41) is 0. The van der Waals surface area contributed by atoms with E-state index >= 15 is 0 Å². The van der Waals surface area contributed by atoms with E-state index in [1.54, 1.807) is 0 Å². The third-order valence-corrected chi connectivity index (χ3v) is 3.93. The van der Waals surface area contributed by atoms with Gasteiger partial charge in [-0.2, -0.15) is 0 Å². The molecule has 1 aliphatic heterocycles. The minimum atomic E-state index is 0.236. The third-order valence-electron chi connectivity index (χ3n) is 3.93. The first-order valence-corrected chi connectivity index (χ1v) is 6.45. The summed E-state index contributed by atoms with van der Waals surface area (Å²) in [6.45, 7) is 7.66. The Balaban J connectivity index is 1.95. The van der Waals surface area contributed by atoms with E-state index in [0.717, 1.165) is 39.0 Å². The molecule has 1 fully saturated rings. The minimum Gasteiger partial charge on any atom is -0.325 e. The molecule has 1 aliphatic carbocycles. The summed E-state index contributed by atoms with van der Waals surface area (Å²) in [4.78, 5) is 16.2. The lowest BCUT2D eigenvalue weighted by Gasteiger charge is -2.26. The number of fused-ring (bicyclic) bond motifs is 1. The minimum absolute atomic E-state index is 0.236. The van der Waals surface area contributed by atoms with Crippen molar-refractivity contribution in [1.29, 1.82) is 0 Å². The second-order valence-electron chi connectivity index (χ2n) is 4.82. The fourth-order valence-corrected chi connectivity index (χ4v) is 2.87. The Morgan fingerprint density at radius 1 is 1.19 bits per heavy atom. The summed E-state index contributed by atoms with van der Waals surface area (Å²) in [5.41, 5.74) is 0. The van der Waals surface area contributed by atoms with E-state index < -0.39 is 0 Å². The van der Waals surface area contributed by atoms with E-state index in [-0.39, 0.29) is 6.03 Å². The molecule has 1 heterocycles. The van der Waals surface area contributed by atoms with Crippen molar-refractivity contribution in [2.45, 2.75) is 26.7 Å². The standard InChI is InChI=1S/C13H22N2O/c1-3-14(4-2)13(16)15-9-11-7-5-6-8-12(11)10-15/h5-6,11-12H,3-4,7-10H2,1-2H3. The molecule has 0 radical (unpaired) electrons. The van der Waals surface area contributed by atoms with Gasteiger partial charge in [0.05, 0.1) is 0 Å². The molecule has 0 bridgehead atoms. The van der Waals surface area contributed by atoms with E-state index in [2.05, 4.69) is 17.1 Å². The van der Waals surface area contributed by atoms with Crippen LogP contribution in [0, 0.1) is 11.8 Å². The largest absolute Gasteiger partial charge is 0.325 e. The number of rotatable bonds is 2. The Morgan fingerprint density at radius 2 is 1.69 bits per heavy atom. The number of hydrogen-bond donors (Lipinski definition) is 0. The van der Waals surface area contributed by atoms with Crippen LogP contribution in [0.25, 0.3) is 0 Å². The first kappa shape index (κ1) is 11.5. The molecule has 2 amide bonds. The Labute approximate surface area is 98.1 Å². The zero-order valence-corrected chi connectivity index (χ0v) is 10.4. The maximum atomic E-state index is 12.2. The predicted molar refractivity (Wildman–Crippen MR) is 65.2 cm³/mol. The van der Waals surface area contributed by atoms with Crippen molar-refractivity contribution in [3.63, 3.8) is 0 Å². The van der Waals surface area contributed by atoms with Crippen molar-refractivity contribution in [3.05, 3.63) is 12.2 Å². The molecular weight excluding hydrogens is 200 g/mol. The monoisotopic (exact) mass is 222 g/mol. The van der Waals surface area contributed by atoms with Crippen molar-refractivity contribution in [2.75, 3.05) is 26.2 Å². The van der Waals surface area contributed by atoms with Gasteiger partial charge in [0.15, 0.2) is 0 Å². The normalized spacial score (nSPS) is 28.0. The van der Waals surface area contributed by atoms with E-state index in [0.29, 0.717) is 11.8 Å². The van der Waals surface area contributed by atoms with Crippen LogP contribution < -0.4 is 0 Å². The Morgan fingerprint density at radius 3 is 2.12 bits per heavy atom. The molecule has 2 atom stereocenters. The van der Waals surface area contributed by atoms with Gasteiger partial charge in [-0.25, -0.2) is 4.79 Å². The Bertz CT molecular complexity index is 268. The molecule has 3 heteroatoms. The molecule has 0 aromatic heterocycles. The Hall–Kier alpha value is -0.990. The maximum Gasteiger partial charge on any atom is 0.319 e. The fourth-order valence-electron chi connectivity index (χ4n) is 2.87. The summed E-state index contributed by atoms with van der Waals surface area (Å²) in [5.74, 6) is 1.43. The molecular formula is C13H22N2O. The molecule has 16 heavy (non-hydrogen) atoms. The third kappa shape index (κ3) is 2.08. The van der Waals surface area contributed by atoms with Crippen LogP contribution in [0.15, 0.2) is 12.2 Å². The number of carbonyl (C=O) groups is 1. The quantitative estimate of drug-likeness (QED) is 0.658. The molecule has 0 aromatic carbocycles. The number of hydrogen-bond acceptors (Lipinski definition) is 1. The lowest BCUT2D eigenvalue weighted by atomic mass is 9.86. The van der Waals surface area contributed by atoms with Gasteiger partial charge in [0.25, 0.3) is 0 Å². The number of likely N-dealkylation sites (tertiary alicyclic amines) is 1. The van der Waals surface area contributed by atoms with Crippen LogP contribution in [-0.2, 0) is 0 Å². The molecule has 0 N–H and O–H groups in total. The zero-order chi connectivity index (χ0) is 11.5. The number of urea groups is 1. The van der Waals surface area contributed by atoms with E-state index in [1.807, 2.05) is 18.7 Å². The highest BCUT2D eigenvalue weighted by atomic mass is 16.2. The van der Waals surface area contributed by atoms with Crippen molar-refractivity contribution in [1.82, 2.24) is 9.80 Å². The first-order valence-electron chi connectivity index (χ1n) is 6.45. The highest BCUT2D eigenvalue weighted by molar-refractivity contribution is 5.74. The fraction of sp³-hybridized carbons (Fsp3) is 0.769. The van der Waals surface area contributed by atoms with Crippen molar-refractivity contribution in [3.8, 4) is 0 Å². The highest BCUT2D eigenvalue weighted by Gasteiger charge is 2.36. The number of nitrogens with zero attached hydrogens (tertiary/aromatic N) is 2. The van der Waals surface area contributed by atoms with Crippen LogP contribution in [0.4, 0.5) is 4.79 Å². The molecule has 90 valence electrons. The van der Waals surface area contributed by atoms with Gasteiger partial charge in [-0.1, -0.05) is 12.2 Å². The predicted octanol–water partition coefficient (Wildman–Crippen LogP) is 2.35. The number of carbonyl (C=O) groups excluding carboxylic acids is 1. The van der Waals surface area contributed by atoms with Crippen LogP contribution in [-0.4, -0.2) is 42.0 Å². The maximum absolute atomic E-state index is 12.2. The zero-order valence-electron chi connectivity index (χ0n) is 10.4. The summed E-state index contributed by atoms with van der Waals surface area (Å²) in [7, 11) is 0. The second kappa shape index (κ2) is 4.89. The van der Waals surface area contributed by atoms with Gasteiger partial charge in [-0.05, 0) is 38.5 Å². The molecule has 0 saturated carbocycles. The lowest BCUT2D eigenvalue weighted by molar-refractivity contribution is 0.165. The Kier molecular flexibility index (Phi) is 3.52. The van der Waals surface area contributed by atoms with Gasteiger partial charge in [-0.15, -0.1) is 0 Å². The van der Waals surface area contributed by atoms with Gasteiger partial charge in [-0.3, -0.25) is 0 Å². The van der Waals surface area contributed by atoms with E-state index in [1.165, 1.54) is 0 Å².